The average molecular weight is 409 g/mol. The first-order valence-corrected chi connectivity index (χ1v) is 10.2. The molecule has 9 heteroatoms. The van der Waals surface area contributed by atoms with Gasteiger partial charge in [-0.3, -0.25) is 4.79 Å². The second kappa shape index (κ2) is 8.68. The number of ether oxygens (including phenoxy) is 1. The van der Waals surface area contributed by atoms with Crippen LogP contribution in [0.3, 0.4) is 0 Å². The molecule has 0 aromatic heterocycles. The number of amides is 1. The lowest BCUT2D eigenvalue weighted by Crippen LogP contribution is -2.47. The van der Waals surface area contributed by atoms with Gasteiger partial charge < -0.3 is 10.1 Å². The van der Waals surface area contributed by atoms with E-state index in [1.165, 1.54) is 22.5 Å². The maximum atomic E-state index is 12.9. The van der Waals surface area contributed by atoms with Crippen LogP contribution < -0.4 is 5.32 Å². The minimum absolute atomic E-state index is 0.0320. The number of nitrogens with zero attached hydrogens (tertiary/aromatic N) is 1. The van der Waals surface area contributed by atoms with Crippen LogP contribution in [0.15, 0.2) is 23.1 Å². The van der Waals surface area contributed by atoms with Gasteiger partial charge in [-0.15, -0.1) is 0 Å². The molecule has 1 amide bonds. The number of hydrogen-bond donors (Lipinski definition) is 1. The van der Waals surface area contributed by atoms with E-state index < -0.39 is 15.9 Å². The zero-order chi connectivity index (χ0) is 18.6. The molecule has 0 radical (unpaired) electrons. The van der Waals surface area contributed by atoms with Crippen LogP contribution >= 0.6 is 23.2 Å². The van der Waals surface area contributed by atoms with Gasteiger partial charge in [0.2, 0.25) is 15.9 Å². The zero-order valence-electron chi connectivity index (χ0n) is 14.2. The molecule has 0 spiro atoms. The van der Waals surface area contributed by atoms with Gasteiger partial charge in [0.15, 0.2) is 0 Å². The fraction of sp³-hybridized carbons (Fsp3) is 0.562. The molecule has 1 aromatic rings. The van der Waals surface area contributed by atoms with Gasteiger partial charge >= 0.3 is 0 Å². The summed E-state index contributed by atoms with van der Waals surface area (Å²) in [6.07, 6.45) is 1.25. The van der Waals surface area contributed by atoms with Crippen molar-refractivity contribution in [1.29, 1.82) is 0 Å². The Hall–Kier alpha value is -0.860. The molecule has 1 aliphatic heterocycles. The fourth-order valence-corrected chi connectivity index (χ4v) is 5.10. The summed E-state index contributed by atoms with van der Waals surface area (Å²) in [4.78, 5) is 12.3. The van der Waals surface area contributed by atoms with E-state index in [9.17, 15) is 13.2 Å². The molecule has 0 saturated carbocycles. The molecule has 2 atom stereocenters. The number of nitrogens with one attached hydrogen (secondary N) is 1. The molecule has 6 nitrogen and oxygen atoms in total. The molecule has 25 heavy (non-hydrogen) atoms. The van der Waals surface area contributed by atoms with Crippen LogP contribution in [0, 0.1) is 5.92 Å². The lowest BCUT2D eigenvalue weighted by atomic mass is 9.98. The third-order valence-corrected chi connectivity index (χ3v) is 6.65. The van der Waals surface area contributed by atoms with Crippen LogP contribution in [0.2, 0.25) is 10.0 Å². The normalized spacial score (nSPS) is 20.2. The number of sulfonamides is 1. The number of hydrogen-bond acceptors (Lipinski definition) is 4. The predicted molar refractivity (Wildman–Crippen MR) is 97.4 cm³/mol. The zero-order valence-corrected chi connectivity index (χ0v) is 16.5. The van der Waals surface area contributed by atoms with E-state index in [-0.39, 0.29) is 28.4 Å². The summed E-state index contributed by atoms with van der Waals surface area (Å²) in [5.41, 5.74) is 0. The minimum atomic E-state index is -3.81. The second-order valence-electron chi connectivity index (χ2n) is 6.14. The van der Waals surface area contributed by atoms with E-state index in [2.05, 4.69) is 5.32 Å². The van der Waals surface area contributed by atoms with Crippen molar-refractivity contribution < 1.29 is 17.9 Å². The monoisotopic (exact) mass is 408 g/mol. The molecule has 1 N–H and O–H groups in total. The fourth-order valence-electron chi connectivity index (χ4n) is 2.84. The van der Waals surface area contributed by atoms with E-state index >= 15 is 0 Å². The first-order valence-electron chi connectivity index (χ1n) is 8.00. The van der Waals surface area contributed by atoms with E-state index in [0.717, 1.165) is 0 Å². The summed E-state index contributed by atoms with van der Waals surface area (Å²) in [5.74, 6) is -0.567. The van der Waals surface area contributed by atoms with Gasteiger partial charge in [0.05, 0.1) is 17.5 Å². The van der Waals surface area contributed by atoms with Gasteiger partial charge in [-0.05, 0) is 38.0 Å². The summed E-state index contributed by atoms with van der Waals surface area (Å²) in [5, 5.41) is 3.26. The van der Waals surface area contributed by atoms with Crippen LogP contribution in [-0.4, -0.2) is 51.5 Å². The van der Waals surface area contributed by atoms with Crippen LogP contribution in [0.5, 0.6) is 0 Å². The summed E-state index contributed by atoms with van der Waals surface area (Å²) in [7, 11) is -2.25. The maximum absolute atomic E-state index is 12.9. The van der Waals surface area contributed by atoms with Gasteiger partial charge in [-0.2, -0.15) is 4.31 Å². The topological polar surface area (TPSA) is 75.7 Å². The first-order chi connectivity index (χ1) is 11.8. The molecule has 0 aliphatic carbocycles. The quantitative estimate of drug-likeness (QED) is 0.784. The number of carbonyl (C=O) groups is 1. The molecule has 140 valence electrons. The van der Waals surface area contributed by atoms with Crippen molar-refractivity contribution in [2.75, 3.05) is 26.8 Å². The average Bonchev–Trinajstić information content (AvgIpc) is 2.57. The lowest BCUT2D eigenvalue weighted by Gasteiger charge is -2.32. The Morgan fingerprint density at radius 2 is 2.16 bits per heavy atom. The van der Waals surface area contributed by atoms with Crippen molar-refractivity contribution in [3.05, 3.63) is 28.2 Å². The van der Waals surface area contributed by atoms with Gasteiger partial charge in [-0.1, -0.05) is 23.2 Å². The predicted octanol–water partition coefficient (Wildman–Crippen LogP) is 2.55. The number of methoxy groups -OCH3 is 1. The number of halogens is 2. The van der Waals surface area contributed by atoms with E-state index in [0.29, 0.717) is 31.0 Å². The van der Waals surface area contributed by atoms with Gasteiger partial charge in [-0.25, -0.2) is 8.42 Å². The van der Waals surface area contributed by atoms with Crippen LogP contribution in [-0.2, 0) is 19.6 Å². The second-order valence-corrected chi connectivity index (χ2v) is 8.89. The lowest BCUT2D eigenvalue weighted by molar-refractivity contribution is -0.127. The Balaban J connectivity index is 2.14. The molecule has 0 bridgehead atoms. The molecule has 1 heterocycles. The van der Waals surface area contributed by atoms with E-state index in [4.69, 9.17) is 27.9 Å². The Kier molecular flexibility index (Phi) is 7.10. The molecule has 1 saturated heterocycles. The molecular weight excluding hydrogens is 387 g/mol. The highest BCUT2D eigenvalue weighted by atomic mass is 35.5. The Bertz CT molecular complexity index is 727. The Labute approximate surface area is 158 Å². The van der Waals surface area contributed by atoms with Crippen molar-refractivity contribution >= 4 is 39.1 Å². The maximum Gasteiger partial charge on any atom is 0.244 e. The number of rotatable bonds is 6. The van der Waals surface area contributed by atoms with Crippen LogP contribution in [0.4, 0.5) is 0 Å². The van der Waals surface area contributed by atoms with Crippen LogP contribution in [0.1, 0.15) is 19.8 Å². The molecule has 1 aromatic carbocycles. The Morgan fingerprint density at radius 3 is 2.84 bits per heavy atom. The Morgan fingerprint density at radius 1 is 1.44 bits per heavy atom. The third kappa shape index (κ3) is 5.08. The van der Waals surface area contributed by atoms with Crippen LogP contribution in [0.25, 0.3) is 0 Å². The highest BCUT2D eigenvalue weighted by molar-refractivity contribution is 7.89. The van der Waals surface area contributed by atoms with E-state index in [1.807, 2.05) is 6.92 Å². The summed E-state index contributed by atoms with van der Waals surface area (Å²) >= 11 is 12.0. The number of benzene rings is 1. The molecule has 2 rings (SSSR count). The smallest absolute Gasteiger partial charge is 0.244 e. The highest BCUT2D eigenvalue weighted by Gasteiger charge is 2.34. The van der Waals surface area contributed by atoms with Crippen molar-refractivity contribution in [1.82, 2.24) is 9.62 Å². The van der Waals surface area contributed by atoms with Crippen molar-refractivity contribution in [2.24, 2.45) is 5.92 Å². The largest absolute Gasteiger partial charge is 0.383 e. The van der Waals surface area contributed by atoms with Crippen molar-refractivity contribution in [3.63, 3.8) is 0 Å². The summed E-state index contributed by atoms with van der Waals surface area (Å²) < 4.78 is 32.1. The minimum Gasteiger partial charge on any atom is -0.383 e. The van der Waals surface area contributed by atoms with Gasteiger partial charge in [0.1, 0.15) is 4.90 Å². The third-order valence-electron chi connectivity index (χ3n) is 4.07. The molecule has 0 unspecified atom stereocenters. The van der Waals surface area contributed by atoms with Crippen molar-refractivity contribution in [2.45, 2.75) is 30.7 Å². The number of piperidine rings is 1. The van der Waals surface area contributed by atoms with Crippen molar-refractivity contribution in [3.8, 4) is 0 Å². The van der Waals surface area contributed by atoms with Gasteiger partial charge in [0, 0.05) is 31.3 Å². The van der Waals surface area contributed by atoms with Gasteiger partial charge in [0.25, 0.3) is 0 Å². The number of carbonyl (C=O) groups excluding carboxylic acids is 1. The summed E-state index contributed by atoms with van der Waals surface area (Å²) in [6, 6.07) is 4.19. The van der Waals surface area contributed by atoms with E-state index in [1.54, 1.807) is 7.11 Å². The molecule has 1 fully saturated rings. The summed E-state index contributed by atoms with van der Waals surface area (Å²) in [6.45, 7) is 2.71. The highest BCUT2D eigenvalue weighted by Crippen LogP contribution is 2.30. The standard InChI is InChI=1S/C16H22Cl2N2O4S/c1-11(10-24-2)19-16(21)12-4-3-7-20(9-12)25(22,23)15-8-13(17)5-6-14(15)18/h5-6,8,11-12H,3-4,7,9-10H2,1-2H3,(H,19,21)/t11-,12+/m1/s1. The SMILES string of the molecule is COC[C@@H](C)NC(=O)[C@H]1CCCN(S(=O)(=O)c2cc(Cl)ccc2Cl)C1. The molecule has 1 aliphatic rings. The first kappa shape index (κ1) is 20.5. The molecular formula is C16H22Cl2N2O4S.